The van der Waals surface area contributed by atoms with Crippen LogP contribution in [0.5, 0.6) is 0 Å². The van der Waals surface area contributed by atoms with Crippen molar-refractivity contribution >= 4 is 17.9 Å². The summed E-state index contributed by atoms with van der Waals surface area (Å²) in [5.41, 5.74) is 0.128. The van der Waals surface area contributed by atoms with Crippen molar-refractivity contribution in [1.29, 1.82) is 0 Å². The first-order valence-electron chi connectivity index (χ1n) is 7.28. The van der Waals surface area contributed by atoms with Gasteiger partial charge in [0.05, 0.1) is 25.4 Å². The van der Waals surface area contributed by atoms with Crippen LogP contribution < -0.4 is 0 Å². The van der Waals surface area contributed by atoms with Gasteiger partial charge in [-0.2, -0.15) is 0 Å². The van der Waals surface area contributed by atoms with Crippen molar-refractivity contribution < 1.29 is 33.3 Å². The van der Waals surface area contributed by atoms with Gasteiger partial charge in [-0.1, -0.05) is 24.3 Å². The summed E-state index contributed by atoms with van der Waals surface area (Å²) in [5.74, 6) is -1.93. The zero-order valence-electron chi connectivity index (χ0n) is 13.5. The Morgan fingerprint density at radius 3 is 2.42 bits per heavy atom. The molecule has 0 amide bonds. The molecule has 7 heteroatoms. The summed E-state index contributed by atoms with van der Waals surface area (Å²) >= 11 is 0. The average molecular weight is 332 g/mol. The third-order valence-electron chi connectivity index (χ3n) is 4.21. The van der Waals surface area contributed by atoms with E-state index in [1.165, 1.54) is 21.1 Å². The molecule has 24 heavy (non-hydrogen) atoms. The molecule has 7 nitrogen and oxygen atoms in total. The summed E-state index contributed by atoms with van der Waals surface area (Å²) in [6.07, 6.45) is -0.765. The van der Waals surface area contributed by atoms with Crippen molar-refractivity contribution in [2.75, 3.05) is 20.8 Å². The molecule has 0 unspecified atom stereocenters. The lowest BCUT2D eigenvalue weighted by atomic mass is 9.77. The highest BCUT2D eigenvalue weighted by Crippen LogP contribution is 2.58. The molecule has 1 aromatic rings. The summed E-state index contributed by atoms with van der Waals surface area (Å²) < 4.78 is 20.8. The van der Waals surface area contributed by atoms with Crippen LogP contribution in [0.25, 0.3) is 0 Å². The van der Waals surface area contributed by atoms with Crippen molar-refractivity contribution in [2.45, 2.75) is 18.6 Å². The Balaban J connectivity index is 2.22. The molecule has 2 bridgehead atoms. The number of fused-ring (bicyclic) bond motifs is 5. The van der Waals surface area contributed by atoms with Gasteiger partial charge in [0, 0.05) is 6.92 Å². The van der Waals surface area contributed by atoms with Crippen LogP contribution in [-0.4, -0.2) is 38.7 Å². The number of carbonyl (C=O) groups excluding carboxylic acids is 3. The third-order valence-corrected chi connectivity index (χ3v) is 4.21. The number of hydrogen-bond acceptors (Lipinski definition) is 7. The molecule has 2 aliphatic rings. The van der Waals surface area contributed by atoms with Crippen LogP contribution >= 0.6 is 0 Å². The molecule has 0 N–H and O–H groups in total. The molecule has 126 valence electrons. The number of esters is 3. The van der Waals surface area contributed by atoms with Crippen molar-refractivity contribution in [2.24, 2.45) is 0 Å². The number of carbonyl (C=O) groups is 3. The Labute approximate surface area is 138 Å². The highest BCUT2D eigenvalue weighted by Gasteiger charge is 2.61. The Morgan fingerprint density at radius 1 is 1.12 bits per heavy atom. The van der Waals surface area contributed by atoms with Crippen LogP contribution in [-0.2, 0) is 38.9 Å². The minimum atomic E-state index is -1.37. The maximum Gasteiger partial charge on any atom is 0.337 e. The zero-order chi connectivity index (χ0) is 17.5. The first-order chi connectivity index (χ1) is 11.5. The first kappa shape index (κ1) is 16.2. The molecule has 2 aliphatic heterocycles. The Bertz CT molecular complexity index is 764. The molecule has 0 saturated heterocycles. The van der Waals surface area contributed by atoms with E-state index in [-0.39, 0.29) is 17.8 Å². The highest BCUT2D eigenvalue weighted by molar-refractivity contribution is 6.05. The van der Waals surface area contributed by atoms with Gasteiger partial charge < -0.3 is 18.9 Å². The summed E-state index contributed by atoms with van der Waals surface area (Å²) in [5, 5.41) is 0. The summed E-state index contributed by atoms with van der Waals surface area (Å²) in [6.45, 7) is 1.02. The molecule has 0 aromatic heterocycles. The van der Waals surface area contributed by atoms with Gasteiger partial charge in [0.15, 0.2) is 5.60 Å². The van der Waals surface area contributed by atoms with Crippen molar-refractivity contribution in [3.05, 3.63) is 46.5 Å². The van der Waals surface area contributed by atoms with Crippen LogP contribution in [0.1, 0.15) is 24.2 Å². The molecule has 0 fully saturated rings. The maximum atomic E-state index is 12.4. The Morgan fingerprint density at radius 2 is 1.79 bits per heavy atom. The van der Waals surface area contributed by atoms with Gasteiger partial charge in [-0.15, -0.1) is 0 Å². The van der Waals surface area contributed by atoms with Crippen LogP contribution in [0.3, 0.4) is 0 Å². The molecule has 0 saturated carbocycles. The van der Waals surface area contributed by atoms with E-state index in [4.69, 9.17) is 18.9 Å². The third kappa shape index (κ3) is 2.12. The highest BCUT2D eigenvalue weighted by atomic mass is 16.6. The van der Waals surface area contributed by atoms with E-state index in [1.54, 1.807) is 24.3 Å². The van der Waals surface area contributed by atoms with Crippen molar-refractivity contribution in [1.82, 2.24) is 0 Å². The molecule has 0 aliphatic carbocycles. The Hall–Kier alpha value is -2.67. The fraction of sp³-hybridized carbons (Fsp3) is 0.353. The van der Waals surface area contributed by atoms with E-state index in [9.17, 15) is 14.4 Å². The number of methoxy groups -OCH3 is 2. The van der Waals surface area contributed by atoms with E-state index >= 15 is 0 Å². The number of ether oxygens (including phenoxy) is 4. The molecular weight excluding hydrogens is 316 g/mol. The lowest BCUT2D eigenvalue weighted by molar-refractivity contribution is -0.153. The second-order valence-electron chi connectivity index (χ2n) is 5.46. The molecule has 2 heterocycles. The predicted molar refractivity (Wildman–Crippen MR) is 79.6 cm³/mol. The van der Waals surface area contributed by atoms with Gasteiger partial charge in [0.2, 0.25) is 0 Å². The van der Waals surface area contributed by atoms with Gasteiger partial charge in [-0.05, 0) is 11.1 Å². The minimum Gasteiger partial charge on any atom is -0.466 e. The molecule has 3 rings (SSSR count). The molecule has 1 aromatic carbocycles. The van der Waals surface area contributed by atoms with Gasteiger partial charge in [-0.25, -0.2) is 9.59 Å². The van der Waals surface area contributed by atoms with Crippen LogP contribution in [0.15, 0.2) is 35.4 Å². The first-order valence-corrected chi connectivity index (χ1v) is 7.28. The van der Waals surface area contributed by atoms with Crippen molar-refractivity contribution in [3.63, 3.8) is 0 Å². The average Bonchev–Trinajstić information content (AvgIpc) is 3.10. The number of rotatable bonds is 4. The summed E-state index contributed by atoms with van der Waals surface area (Å²) in [4.78, 5) is 35.9. The summed E-state index contributed by atoms with van der Waals surface area (Å²) in [7, 11) is 2.43. The SMILES string of the molecule is COC(=O)C1=C(C(=O)OC)[C@@]2(COC(C)=O)O[C@@H]1c1ccccc12. The van der Waals surface area contributed by atoms with Crippen LogP contribution in [0.4, 0.5) is 0 Å². The second-order valence-corrected chi connectivity index (χ2v) is 5.46. The molecule has 0 spiro atoms. The minimum absolute atomic E-state index is 0.0156. The fourth-order valence-electron chi connectivity index (χ4n) is 3.26. The number of benzene rings is 1. The van der Waals surface area contributed by atoms with Gasteiger partial charge in [-0.3, -0.25) is 4.79 Å². The fourth-order valence-corrected chi connectivity index (χ4v) is 3.26. The summed E-state index contributed by atoms with van der Waals surface area (Å²) in [6, 6.07) is 7.16. The maximum absolute atomic E-state index is 12.4. The van der Waals surface area contributed by atoms with Crippen LogP contribution in [0, 0.1) is 0 Å². The molecular formula is C17H16O7. The smallest absolute Gasteiger partial charge is 0.337 e. The lowest BCUT2D eigenvalue weighted by Crippen LogP contribution is -2.37. The monoisotopic (exact) mass is 332 g/mol. The zero-order valence-corrected chi connectivity index (χ0v) is 13.5. The second kappa shape index (κ2) is 5.76. The lowest BCUT2D eigenvalue weighted by Gasteiger charge is -2.28. The quantitative estimate of drug-likeness (QED) is 0.604. The van der Waals surface area contributed by atoms with Crippen molar-refractivity contribution in [3.8, 4) is 0 Å². The van der Waals surface area contributed by atoms with Gasteiger partial charge in [0.1, 0.15) is 12.7 Å². The Kier molecular flexibility index (Phi) is 3.88. The van der Waals surface area contributed by atoms with E-state index in [0.717, 1.165) is 5.56 Å². The van der Waals surface area contributed by atoms with E-state index < -0.39 is 29.6 Å². The van der Waals surface area contributed by atoms with E-state index in [2.05, 4.69) is 0 Å². The predicted octanol–water partition coefficient (Wildman–Crippen LogP) is 1.17. The van der Waals surface area contributed by atoms with E-state index in [1.807, 2.05) is 0 Å². The van der Waals surface area contributed by atoms with Gasteiger partial charge in [0.25, 0.3) is 0 Å². The number of hydrogen-bond donors (Lipinski definition) is 0. The van der Waals surface area contributed by atoms with Gasteiger partial charge >= 0.3 is 17.9 Å². The topological polar surface area (TPSA) is 88.1 Å². The standard InChI is InChI=1S/C17H16O7/c1-9(18)23-8-17-11-7-5-4-6-10(11)14(24-17)12(15(19)21-2)13(17)16(20)22-3/h4-7,14H,8H2,1-3H3/t14-,17+/m1/s1. The molecule has 0 radical (unpaired) electrons. The molecule has 2 atom stereocenters. The van der Waals surface area contributed by atoms with E-state index in [0.29, 0.717) is 5.56 Å². The van der Waals surface area contributed by atoms with Crippen LogP contribution in [0.2, 0.25) is 0 Å². The largest absolute Gasteiger partial charge is 0.466 e. The normalized spacial score (nSPS) is 23.7.